The van der Waals surface area contributed by atoms with E-state index in [0.717, 1.165) is 26.9 Å². The quantitative estimate of drug-likeness (QED) is 0.775. The molecule has 1 amide bonds. The molecular formula is C16H15BrClNO. The molecule has 0 bridgehead atoms. The molecule has 20 heavy (non-hydrogen) atoms. The number of aryl methyl sites for hydroxylation is 2. The molecule has 0 heterocycles. The Bertz CT molecular complexity index is 605. The molecule has 0 aliphatic rings. The van der Waals surface area contributed by atoms with Crippen molar-refractivity contribution < 1.29 is 4.79 Å². The fourth-order valence-corrected chi connectivity index (χ4v) is 3.01. The van der Waals surface area contributed by atoms with Crippen LogP contribution in [0.5, 0.6) is 0 Å². The van der Waals surface area contributed by atoms with Crippen LogP contribution in [-0.4, -0.2) is 5.91 Å². The summed E-state index contributed by atoms with van der Waals surface area (Å²) in [5.41, 5.74) is 3.69. The summed E-state index contributed by atoms with van der Waals surface area (Å²) >= 11 is 9.69. The molecule has 1 atom stereocenters. The maximum atomic E-state index is 12.2. The molecule has 0 aliphatic heterocycles. The lowest BCUT2D eigenvalue weighted by Crippen LogP contribution is -2.18. The third-order valence-electron chi connectivity index (χ3n) is 3.00. The first kappa shape index (κ1) is 15.1. The predicted molar refractivity (Wildman–Crippen MR) is 87.3 cm³/mol. The number of anilines is 1. The number of amides is 1. The Kier molecular flexibility index (Phi) is 4.84. The molecule has 0 radical (unpaired) electrons. The van der Waals surface area contributed by atoms with Crippen LogP contribution in [0.3, 0.4) is 0 Å². The van der Waals surface area contributed by atoms with Gasteiger partial charge >= 0.3 is 0 Å². The highest BCUT2D eigenvalue weighted by atomic mass is 79.9. The summed E-state index contributed by atoms with van der Waals surface area (Å²) in [5.74, 6) is -0.231. The van der Waals surface area contributed by atoms with E-state index in [1.165, 1.54) is 0 Å². The van der Waals surface area contributed by atoms with Crippen molar-refractivity contribution in [2.24, 2.45) is 0 Å². The Morgan fingerprint density at radius 2 is 1.85 bits per heavy atom. The van der Waals surface area contributed by atoms with E-state index in [9.17, 15) is 4.79 Å². The van der Waals surface area contributed by atoms with E-state index >= 15 is 0 Å². The number of alkyl halides is 1. The van der Waals surface area contributed by atoms with Crippen molar-refractivity contribution in [1.82, 2.24) is 0 Å². The molecule has 2 aromatic rings. The Hall–Kier alpha value is -1.32. The zero-order valence-electron chi connectivity index (χ0n) is 11.3. The molecule has 0 saturated heterocycles. The van der Waals surface area contributed by atoms with E-state index in [-0.39, 0.29) is 5.91 Å². The number of carbonyl (C=O) groups is 1. The van der Waals surface area contributed by atoms with Crippen molar-refractivity contribution >= 4 is 39.1 Å². The zero-order valence-corrected chi connectivity index (χ0v) is 13.6. The molecule has 0 aliphatic carbocycles. The lowest BCUT2D eigenvalue weighted by molar-refractivity contribution is -0.116. The SMILES string of the molecule is Cc1cc(C)c(NC(=O)C(Cl)c2ccccc2)c(Br)c1. The summed E-state index contributed by atoms with van der Waals surface area (Å²) in [6.45, 7) is 3.97. The van der Waals surface area contributed by atoms with Gasteiger partial charge in [-0.15, -0.1) is 11.6 Å². The number of hydrogen-bond donors (Lipinski definition) is 1. The number of carbonyl (C=O) groups excluding carboxylic acids is 1. The number of halogens is 2. The first-order valence-corrected chi connectivity index (χ1v) is 7.48. The molecule has 104 valence electrons. The predicted octanol–water partition coefficient (Wildman–Crippen LogP) is 4.98. The first-order valence-electron chi connectivity index (χ1n) is 6.25. The van der Waals surface area contributed by atoms with Gasteiger partial charge in [0.25, 0.3) is 0 Å². The van der Waals surface area contributed by atoms with Gasteiger partial charge in [0.1, 0.15) is 5.38 Å². The second kappa shape index (κ2) is 6.42. The number of benzene rings is 2. The van der Waals surface area contributed by atoms with Crippen LogP contribution in [0.2, 0.25) is 0 Å². The maximum absolute atomic E-state index is 12.2. The standard InChI is InChI=1S/C16H15BrClNO/c1-10-8-11(2)15(13(17)9-10)19-16(20)14(18)12-6-4-3-5-7-12/h3-9,14H,1-2H3,(H,19,20). The van der Waals surface area contributed by atoms with Crippen LogP contribution in [0, 0.1) is 13.8 Å². The Balaban J connectivity index is 2.20. The lowest BCUT2D eigenvalue weighted by Gasteiger charge is -2.14. The monoisotopic (exact) mass is 351 g/mol. The van der Waals surface area contributed by atoms with Gasteiger partial charge in [-0.3, -0.25) is 4.79 Å². The normalized spacial score (nSPS) is 12.0. The van der Waals surface area contributed by atoms with Crippen LogP contribution >= 0.6 is 27.5 Å². The molecule has 0 aromatic heterocycles. The minimum Gasteiger partial charge on any atom is -0.323 e. The van der Waals surface area contributed by atoms with Crippen molar-refractivity contribution in [2.75, 3.05) is 5.32 Å². The average Bonchev–Trinajstić information content (AvgIpc) is 2.42. The first-order chi connectivity index (χ1) is 9.49. The van der Waals surface area contributed by atoms with Crippen LogP contribution in [0.15, 0.2) is 46.9 Å². The van der Waals surface area contributed by atoms with E-state index in [1.54, 1.807) is 0 Å². The number of rotatable bonds is 3. The molecule has 1 unspecified atom stereocenters. The van der Waals surface area contributed by atoms with E-state index in [1.807, 2.05) is 56.3 Å². The van der Waals surface area contributed by atoms with Crippen LogP contribution in [0.1, 0.15) is 22.1 Å². The maximum Gasteiger partial charge on any atom is 0.247 e. The molecule has 0 saturated carbocycles. The topological polar surface area (TPSA) is 29.1 Å². The van der Waals surface area contributed by atoms with E-state index in [0.29, 0.717) is 0 Å². The molecule has 4 heteroatoms. The Morgan fingerprint density at radius 3 is 2.45 bits per heavy atom. The van der Waals surface area contributed by atoms with Gasteiger partial charge in [0.2, 0.25) is 5.91 Å². The number of nitrogens with one attached hydrogen (secondary N) is 1. The van der Waals surface area contributed by atoms with Gasteiger partial charge < -0.3 is 5.32 Å². The minimum absolute atomic E-state index is 0.231. The fraction of sp³-hybridized carbons (Fsp3) is 0.188. The van der Waals surface area contributed by atoms with Crippen molar-refractivity contribution in [3.05, 3.63) is 63.6 Å². The summed E-state index contributed by atoms with van der Waals surface area (Å²) < 4.78 is 0.861. The fourth-order valence-electron chi connectivity index (χ4n) is 2.03. The Morgan fingerprint density at radius 1 is 1.20 bits per heavy atom. The smallest absolute Gasteiger partial charge is 0.247 e. The molecule has 2 aromatic carbocycles. The van der Waals surface area contributed by atoms with Gasteiger partial charge in [0, 0.05) is 4.47 Å². The van der Waals surface area contributed by atoms with E-state index in [2.05, 4.69) is 21.2 Å². The molecular weight excluding hydrogens is 338 g/mol. The molecule has 0 fully saturated rings. The van der Waals surface area contributed by atoms with Crippen molar-refractivity contribution in [3.63, 3.8) is 0 Å². The van der Waals surface area contributed by atoms with Gasteiger partial charge in [-0.25, -0.2) is 0 Å². The van der Waals surface area contributed by atoms with Gasteiger partial charge in [-0.1, -0.05) is 36.4 Å². The second-order valence-corrected chi connectivity index (χ2v) is 5.99. The summed E-state index contributed by atoms with van der Waals surface area (Å²) in [7, 11) is 0. The van der Waals surface area contributed by atoms with E-state index < -0.39 is 5.38 Å². The van der Waals surface area contributed by atoms with Crippen molar-refractivity contribution in [3.8, 4) is 0 Å². The summed E-state index contributed by atoms with van der Waals surface area (Å²) in [6, 6.07) is 13.3. The molecule has 1 N–H and O–H groups in total. The van der Waals surface area contributed by atoms with Gasteiger partial charge in [0.05, 0.1) is 5.69 Å². The minimum atomic E-state index is -0.705. The second-order valence-electron chi connectivity index (χ2n) is 4.70. The third kappa shape index (κ3) is 3.41. The third-order valence-corrected chi connectivity index (χ3v) is 4.08. The Labute approximate surface area is 132 Å². The summed E-state index contributed by atoms with van der Waals surface area (Å²) in [6.07, 6.45) is 0. The van der Waals surface area contributed by atoms with E-state index in [4.69, 9.17) is 11.6 Å². The highest BCUT2D eigenvalue weighted by Crippen LogP contribution is 2.30. The summed E-state index contributed by atoms with van der Waals surface area (Å²) in [4.78, 5) is 12.2. The highest BCUT2D eigenvalue weighted by molar-refractivity contribution is 9.10. The molecule has 0 spiro atoms. The van der Waals surface area contributed by atoms with Crippen LogP contribution < -0.4 is 5.32 Å². The molecule has 2 rings (SSSR count). The largest absolute Gasteiger partial charge is 0.323 e. The average molecular weight is 353 g/mol. The zero-order chi connectivity index (χ0) is 14.7. The lowest BCUT2D eigenvalue weighted by atomic mass is 10.1. The van der Waals surface area contributed by atoms with Gasteiger partial charge in [-0.05, 0) is 52.5 Å². The van der Waals surface area contributed by atoms with Gasteiger partial charge in [-0.2, -0.15) is 0 Å². The summed E-state index contributed by atoms with van der Waals surface area (Å²) in [5, 5.41) is 2.18. The molecule has 2 nitrogen and oxygen atoms in total. The van der Waals surface area contributed by atoms with Crippen LogP contribution in [0.25, 0.3) is 0 Å². The van der Waals surface area contributed by atoms with Gasteiger partial charge in [0.15, 0.2) is 0 Å². The van der Waals surface area contributed by atoms with Crippen LogP contribution in [-0.2, 0) is 4.79 Å². The number of hydrogen-bond acceptors (Lipinski definition) is 1. The van der Waals surface area contributed by atoms with Crippen molar-refractivity contribution in [2.45, 2.75) is 19.2 Å². The van der Waals surface area contributed by atoms with Crippen LogP contribution in [0.4, 0.5) is 5.69 Å². The van der Waals surface area contributed by atoms with Crippen molar-refractivity contribution in [1.29, 1.82) is 0 Å². The highest BCUT2D eigenvalue weighted by Gasteiger charge is 2.19.